The minimum Gasteiger partial charge on any atom is -0.496 e. The van der Waals surface area contributed by atoms with Gasteiger partial charge >= 0.3 is 0 Å². The van der Waals surface area contributed by atoms with Crippen molar-refractivity contribution in [1.29, 1.82) is 0 Å². The van der Waals surface area contributed by atoms with Crippen LogP contribution in [0, 0.1) is 11.8 Å². The Kier molecular flexibility index (Phi) is 4.50. The maximum absolute atomic E-state index is 12.2. The largest absolute Gasteiger partial charge is 0.496 e. The number of rotatable bonds is 3. The Labute approximate surface area is 122 Å². The second-order valence-electron chi connectivity index (χ2n) is 5.34. The maximum atomic E-state index is 12.2. The molecule has 1 fully saturated rings. The van der Waals surface area contributed by atoms with Crippen LogP contribution in [0.4, 0.5) is 0 Å². The summed E-state index contributed by atoms with van der Waals surface area (Å²) in [5.74, 6) is 1.97. The Morgan fingerprint density at radius 2 is 2.11 bits per heavy atom. The first-order valence-electron chi connectivity index (χ1n) is 6.67. The van der Waals surface area contributed by atoms with Gasteiger partial charge in [0.1, 0.15) is 5.75 Å². The van der Waals surface area contributed by atoms with Gasteiger partial charge in [-0.2, -0.15) is 0 Å². The SMILES string of the molecule is COc1ccc(C(=O)NC2CCC(C)C2C)cc1Br. The molecule has 3 atom stereocenters. The lowest BCUT2D eigenvalue weighted by atomic mass is 9.97. The normalized spacial score (nSPS) is 26.2. The van der Waals surface area contributed by atoms with Crippen LogP contribution in [0.25, 0.3) is 0 Å². The first-order valence-corrected chi connectivity index (χ1v) is 7.46. The summed E-state index contributed by atoms with van der Waals surface area (Å²) in [6, 6.07) is 5.70. The summed E-state index contributed by atoms with van der Waals surface area (Å²) >= 11 is 3.40. The van der Waals surface area contributed by atoms with Gasteiger partial charge in [0.15, 0.2) is 0 Å². The molecule has 1 amide bonds. The molecule has 0 aromatic heterocycles. The average Bonchev–Trinajstić information content (AvgIpc) is 2.70. The monoisotopic (exact) mass is 325 g/mol. The molecule has 1 aliphatic carbocycles. The lowest BCUT2D eigenvalue weighted by molar-refractivity contribution is 0.0927. The first-order chi connectivity index (χ1) is 9.02. The van der Waals surface area contributed by atoms with Gasteiger partial charge in [-0.25, -0.2) is 0 Å². The van der Waals surface area contributed by atoms with Gasteiger partial charge in [0.2, 0.25) is 0 Å². The quantitative estimate of drug-likeness (QED) is 0.921. The minimum atomic E-state index is -0.00527. The van der Waals surface area contributed by atoms with Gasteiger partial charge < -0.3 is 10.1 Å². The first kappa shape index (κ1) is 14.4. The number of halogens is 1. The standard InChI is InChI=1S/C15H20BrNO2/c1-9-4-6-13(10(9)2)17-15(18)11-5-7-14(19-3)12(16)8-11/h5,7-10,13H,4,6H2,1-3H3,(H,17,18). The van der Waals surface area contributed by atoms with Crippen molar-refractivity contribution < 1.29 is 9.53 Å². The van der Waals surface area contributed by atoms with Crippen molar-refractivity contribution in [2.75, 3.05) is 7.11 Å². The zero-order valence-electron chi connectivity index (χ0n) is 11.6. The third-order valence-electron chi connectivity index (χ3n) is 4.20. The molecular weight excluding hydrogens is 306 g/mol. The fourth-order valence-corrected chi connectivity index (χ4v) is 3.17. The van der Waals surface area contributed by atoms with Crippen molar-refractivity contribution in [3.8, 4) is 5.75 Å². The molecule has 3 unspecified atom stereocenters. The van der Waals surface area contributed by atoms with E-state index >= 15 is 0 Å². The summed E-state index contributed by atoms with van der Waals surface area (Å²) in [7, 11) is 1.61. The lowest BCUT2D eigenvalue weighted by Crippen LogP contribution is -2.37. The van der Waals surface area contributed by atoms with E-state index in [2.05, 4.69) is 35.1 Å². The Hall–Kier alpha value is -1.03. The second-order valence-corrected chi connectivity index (χ2v) is 6.20. The molecule has 19 heavy (non-hydrogen) atoms. The molecule has 4 heteroatoms. The van der Waals surface area contributed by atoms with Gasteiger partial charge in [-0.05, 0) is 58.8 Å². The Bertz CT molecular complexity index is 475. The molecule has 1 aromatic carbocycles. The van der Waals surface area contributed by atoms with Gasteiger partial charge in [0.25, 0.3) is 5.91 Å². The van der Waals surface area contributed by atoms with E-state index in [1.807, 2.05) is 0 Å². The van der Waals surface area contributed by atoms with E-state index in [-0.39, 0.29) is 5.91 Å². The molecule has 0 saturated heterocycles. The van der Waals surface area contributed by atoms with Crippen LogP contribution in [-0.4, -0.2) is 19.1 Å². The number of hydrogen-bond acceptors (Lipinski definition) is 2. The molecule has 0 radical (unpaired) electrons. The molecule has 2 rings (SSSR count). The maximum Gasteiger partial charge on any atom is 0.251 e. The third kappa shape index (κ3) is 3.11. The summed E-state index contributed by atoms with van der Waals surface area (Å²) in [5, 5.41) is 3.14. The van der Waals surface area contributed by atoms with Crippen LogP contribution in [0.1, 0.15) is 37.0 Å². The number of amides is 1. The number of carbonyl (C=O) groups is 1. The molecule has 1 N–H and O–H groups in total. The van der Waals surface area contributed by atoms with E-state index < -0.39 is 0 Å². The molecule has 0 heterocycles. The summed E-state index contributed by atoms with van der Waals surface area (Å²) < 4.78 is 5.97. The molecule has 0 aliphatic heterocycles. The lowest BCUT2D eigenvalue weighted by Gasteiger charge is -2.19. The molecule has 0 bridgehead atoms. The van der Waals surface area contributed by atoms with Crippen LogP contribution >= 0.6 is 15.9 Å². The van der Waals surface area contributed by atoms with E-state index in [1.54, 1.807) is 25.3 Å². The summed E-state index contributed by atoms with van der Waals surface area (Å²) in [5.41, 5.74) is 0.666. The average molecular weight is 326 g/mol. The predicted octanol–water partition coefficient (Wildman–Crippen LogP) is 3.62. The highest BCUT2D eigenvalue weighted by Gasteiger charge is 2.30. The van der Waals surface area contributed by atoms with Crippen molar-refractivity contribution >= 4 is 21.8 Å². The van der Waals surface area contributed by atoms with Crippen molar-refractivity contribution in [3.05, 3.63) is 28.2 Å². The zero-order valence-corrected chi connectivity index (χ0v) is 13.2. The predicted molar refractivity (Wildman–Crippen MR) is 79.5 cm³/mol. The molecular formula is C15H20BrNO2. The minimum absolute atomic E-state index is 0.00527. The number of benzene rings is 1. The highest BCUT2D eigenvalue weighted by molar-refractivity contribution is 9.10. The fourth-order valence-electron chi connectivity index (χ4n) is 2.63. The van der Waals surface area contributed by atoms with Gasteiger partial charge in [-0.15, -0.1) is 0 Å². The molecule has 1 saturated carbocycles. The van der Waals surface area contributed by atoms with Crippen molar-refractivity contribution in [3.63, 3.8) is 0 Å². The van der Waals surface area contributed by atoms with Gasteiger partial charge in [-0.1, -0.05) is 13.8 Å². The zero-order chi connectivity index (χ0) is 14.0. The van der Waals surface area contributed by atoms with Crippen LogP contribution in [0.2, 0.25) is 0 Å². The Balaban J connectivity index is 2.06. The van der Waals surface area contributed by atoms with E-state index in [0.717, 1.165) is 16.6 Å². The highest BCUT2D eigenvalue weighted by Crippen LogP contribution is 2.31. The van der Waals surface area contributed by atoms with Gasteiger partial charge in [0, 0.05) is 11.6 Å². The Morgan fingerprint density at radius 3 is 2.63 bits per heavy atom. The van der Waals surface area contributed by atoms with E-state index in [0.29, 0.717) is 23.4 Å². The van der Waals surface area contributed by atoms with Crippen LogP contribution in [0.3, 0.4) is 0 Å². The van der Waals surface area contributed by atoms with Gasteiger partial charge in [-0.3, -0.25) is 4.79 Å². The summed E-state index contributed by atoms with van der Waals surface area (Å²) in [4.78, 5) is 12.2. The molecule has 1 aliphatic rings. The van der Waals surface area contributed by atoms with Crippen LogP contribution in [0.5, 0.6) is 5.75 Å². The summed E-state index contributed by atoms with van der Waals surface area (Å²) in [6.07, 6.45) is 2.27. The number of carbonyl (C=O) groups excluding carboxylic acids is 1. The number of nitrogens with one attached hydrogen (secondary N) is 1. The molecule has 0 spiro atoms. The number of hydrogen-bond donors (Lipinski definition) is 1. The van der Waals surface area contributed by atoms with Gasteiger partial charge in [0.05, 0.1) is 11.6 Å². The number of methoxy groups -OCH3 is 1. The molecule has 104 valence electrons. The van der Waals surface area contributed by atoms with Crippen LogP contribution in [-0.2, 0) is 0 Å². The smallest absolute Gasteiger partial charge is 0.251 e. The van der Waals surface area contributed by atoms with Crippen LogP contribution < -0.4 is 10.1 Å². The second kappa shape index (κ2) is 5.95. The third-order valence-corrected chi connectivity index (χ3v) is 4.82. The summed E-state index contributed by atoms with van der Waals surface area (Å²) in [6.45, 7) is 4.47. The number of ether oxygens (including phenoxy) is 1. The van der Waals surface area contributed by atoms with E-state index in [9.17, 15) is 4.79 Å². The Morgan fingerprint density at radius 1 is 1.37 bits per heavy atom. The molecule has 3 nitrogen and oxygen atoms in total. The molecule has 1 aromatic rings. The van der Waals surface area contributed by atoms with E-state index in [4.69, 9.17) is 4.74 Å². The van der Waals surface area contributed by atoms with Crippen LogP contribution in [0.15, 0.2) is 22.7 Å². The highest BCUT2D eigenvalue weighted by atomic mass is 79.9. The van der Waals surface area contributed by atoms with Crippen molar-refractivity contribution in [2.24, 2.45) is 11.8 Å². The fraction of sp³-hybridized carbons (Fsp3) is 0.533. The van der Waals surface area contributed by atoms with Crippen molar-refractivity contribution in [1.82, 2.24) is 5.32 Å². The topological polar surface area (TPSA) is 38.3 Å². The van der Waals surface area contributed by atoms with E-state index in [1.165, 1.54) is 6.42 Å². The van der Waals surface area contributed by atoms with Crippen molar-refractivity contribution in [2.45, 2.75) is 32.7 Å².